The van der Waals surface area contributed by atoms with E-state index in [1.165, 1.54) is 5.56 Å². The van der Waals surface area contributed by atoms with Gasteiger partial charge in [0.2, 0.25) is 0 Å². The smallest absolute Gasteiger partial charge is 0.317 e. The molecule has 3 aromatic rings. The van der Waals surface area contributed by atoms with E-state index in [1.54, 1.807) is 18.6 Å². The van der Waals surface area contributed by atoms with Crippen LogP contribution < -0.4 is 5.73 Å². The minimum atomic E-state index is -0.968. The van der Waals surface area contributed by atoms with E-state index in [2.05, 4.69) is 39.1 Å². The van der Waals surface area contributed by atoms with Crippen molar-refractivity contribution in [3.63, 3.8) is 0 Å². The molecule has 1 aromatic carbocycles. The SMILES string of the molecule is Cc1ccccc1-c1cn[nH]n1.NCC(=O)O.c1ccncc1. The van der Waals surface area contributed by atoms with Gasteiger partial charge in [0.05, 0.1) is 12.7 Å². The zero-order valence-corrected chi connectivity index (χ0v) is 12.8. The molecule has 0 spiro atoms. The molecule has 0 aliphatic heterocycles. The number of nitrogens with zero attached hydrogens (tertiary/aromatic N) is 3. The average molecular weight is 313 g/mol. The van der Waals surface area contributed by atoms with E-state index >= 15 is 0 Å². The highest BCUT2D eigenvalue weighted by atomic mass is 16.4. The van der Waals surface area contributed by atoms with Gasteiger partial charge in [-0.05, 0) is 24.6 Å². The molecule has 7 nitrogen and oxygen atoms in total. The van der Waals surface area contributed by atoms with Crippen molar-refractivity contribution in [2.45, 2.75) is 6.92 Å². The minimum Gasteiger partial charge on any atom is -0.480 e. The molecule has 0 fully saturated rings. The molecule has 2 aromatic heterocycles. The van der Waals surface area contributed by atoms with Crippen molar-refractivity contribution in [3.8, 4) is 11.3 Å². The van der Waals surface area contributed by atoms with Crippen molar-refractivity contribution in [3.05, 3.63) is 66.6 Å². The summed E-state index contributed by atoms with van der Waals surface area (Å²) in [5, 5.41) is 18.0. The number of hydrogen-bond donors (Lipinski definition) is 3. The first kappa shape index (κ1) is 18.0. The Morgan fingerprint density at radius 3 is 2.22 bits per heavy atom. The number of nitrogens with one attached hydrogen (secondary N) is 1. The summed E-state index contributed by atoms with van der Waals surface area (Å²) in [5.74, 6) is -0.968. The quantitative estimate of drug-likeness (QED) is 0.665. The molecule has 2 heterocycles. The van der Waals surface area contributed by atoms with E-state index in [4.69, 9.17) is 5.11 Å². The second-order valence-electron chi connectivity index (χ2n) is 4.29. The summed E-state index contributed by atoms with van der Waals surface area (Å²) >= 11 is 0. The Kier molecular flexibility index (Phi) is 8.32. The Morgan fingerprint density at radius 1 is 1.17 bits per heavy atom. The number of benzene rings is 1. The number of aromatic nitrogens is 4. The molecule has 0 bridgehead atoms. The van der Waals surface area contributed by atoms with Crippen LogP contribution in [0.4, 0.5) is 0 Å². The average Bonchev–Trinajstić information content (AvgIpc) is 3.12. The summed E-state index contributed by atoms with van der Waals surface area (Å²) in [6.07, 6.45) is 5.22. The molecular weight excluding hydrogens is 294 g/mol. The van der Waals surface area contributed by atoms with Gasteiger partial charge >= 0.3 is 5.97 Å². The maximum absolute atomic E-state index is 9.24. The monoisotopic (exact) mass is 313 g/mol. The van der Waals surface area contributed by atoms with Crippen molar-refractivity contribution >= 4 is 5.97 Å². The van der Waals surface area contributed by atoms with Crippen molar-refractivity contribution in [2.24, 2.45) is 5.73 Å². The lowest BCUT2D eigenvalue weighted by atomic mass is 10.1. The Labute approximate surface area is 134 Å². The summed E-state index contributed by atoms with van der Waals surface area (Å²) in [6, 6.07) is 13.8. The van der Waals surface area contributed by atoms with Crippen LogP contribution in [0.5, 0.6) is 0 Å². The van der Waals surface area contributed by atoms with Gasteiger partial charge in [0.1, 0.15) is 5.69 Å². The number of carboxylic acids is 1. The Bertz CT molecular complexity index is 645. The molecule has 0 saturated heterocycles. The molecule has 0 radical (unpaired) electrons. The zero-order valence-electron chi connectivity index (χ0n) is 12.8. The molecule has 0 aliphatic carbocycles. The van der Waals surface area contributed by atoms with Gasteiger partial charge in [-0.2, -0.15) is 15.4 Å². The van der Waals surface area contributed by atoms with Crippen LogP contribution in [0.15, 0.2) is 61.1 Å². The molecule has 0 amide bonds. The maximum Gasteiger partial charge on any atom is 0.317 e. The molecule has 0 atom stereocenters. The Hall–Kier alpha value is -3.06. The van der Waals surface area contributed by atoms with Crippen LogP contribution in [-0.4, -0.2) is 38.0 Å². The fraction of sp³-hybridized carbons (Fsp3) is 0.125. The lowest BCUT2D eigenvalue weighted by molar-refractivity contribution is -0.135. The summed E-state index contributed by atoms with van der Waals surface area (Å²) in [7, 11) is 0. The molecule has 0 aliphatic rings. The zero-order chi connectivity index (χ0) is 16.9. The molecule has 4 N–H and O–H groups in total. The number of aromatic amines is 1. The third-order valence-corrected chi connectivity index (χ3v) is 2.58. The molecule has 7 heteroatoms. The molecular formula is C16H19N5O2. The third-order valence-electron chi connectivity index (χ3n) is 2.58. The summed E-state index contributed by atoms with van der Waals surface area (Å²) in [6.45, 7) is 1.78. The Balaban J connectivity index is 0.000000202. The number of aryl methyl sites for hydroxylation is 1. The fourth-order valence-electron chi connectivity index (χ4n) is 1.50. The minimum absolute atomic E-state index is 0.278. The predicted molar refractivity (Wildman–Crippen MR) is 87.5 cm³/mol. The normalized spacial score (nSPS) is 8.96. The van der Waals surface area contributed by atoms with Gasteiger partial charge in [-0.25, -0.2) is 0 Å². The van der Waals surface area contributed by atoms with Gasteiger partial charge in [-0.15, -0.1) is 0 Å². The lowest BCUT2D eigenvalue weighted by Crippen LogP contribution is -2.10. The number of aliphatic carboxylic acids is 1. The van der Waals surface area contributed by atoms with Crippen LogP contribution in [-0.2, 0) is 4.79 Å². The van der Waals surface area contributed by atoms with Crippen molar-refractivity contribution in [1.82, 2.24) is 20.4 Å². The van der Waals surface area contributed by atoms with Gasteiger partial charge in [-0.1, -0.05) is 30.3 Å². The van der Waals surface area contributed by atoms with E-state index < -0.39 is 5.97 Å². The van der Waals surface area contributed by atoms with E-state index in [0.717, 1.165) is 11.3 Å². The number of carboxylic acid groups (broad SMARTS) is 1. The molecule has 0 saturated carbocycles. The Morgan fingerprint density at radius 2 is 1.83 bits per heavy atom. The van der Waals surface area contributed by atoms with Crippen molar-refractivity contribution in [2.75, 3.05) is 6.54 Å². The van der Waals surface area contributed by atoms with Crippen LogP contribution >= 0.6 is 0 Å². The lowest BCUT2D eigenvalue weighted by Gasteiger charge is -1.98. The molecule has 3 rings (SSSR count). The predicted octanol–water partition coefficient (Wildman–Crippen LogP) is 1.89. The first-order valence-electron chi connectivity index (χ1n) is 6.83. The third kappa shape index (κ3) is 7.49. The van der Waals surface area contributed by atoms with Gasteiger partial charge in [0.15, 0.2) is 0 Å². The van der Waals surface area contributed by atoms with E-state index in [9.17, 15) is 4.79 Å². The van der Waals surface area contributed by atoms with Gasteiger partial charge < -0.3 is 10.8 Å². The number of pyridine rings is 1. The molecule has 23 heavy (non-hydrogen) atoms. The highest BCUT2D eigenvalue weighted by Crippen LogP contribution is 2.18. The van der Waals surface area contributed by atoms with E-state index in [0.29, 0.717) is 0 Å². The first-order valence-corrected chi connectivity index (χ1v) is 6.83. The number of nitrogens with two attached hydrogens (primary N) is 1. The largest absolute Gasteiger partial charge is 0.480 e. The maximum atomic E-state index is 9.24. The number of carbonyl (C=O) groups is 1. The summed E-state index contributed by atoms with van der Waals surface area (Å²) in [4.78, 5) is 13.0. The molecule has 120 valence electrons. The van der Waals surface area contributed by atoms with Crippen LogP contribution in [0, 0.1) is 6.92 Å². The number of H-pyrrole nitrogens is 1. The van der Waals surface area contributed by atoms with Crippen LogP contribution in [0.1, 0.15) is 5.56 Å². The van der Waals surface area contributed by atoms with Crippen LogP contribution in [0.2, 0.25) is 0 Å². The van der Waals surface area contributed by atoms with E-state index in [1.807, 2.05) is 36.4 Å². The van der Waals surface area contributed by atoms with Gasteiger partial charge in [-0.3, -0.25) is 9.78 Å². The van der Waals surface area contributed by atoms with Gasteiger partial charge in [0, 0.05) is 18.0 Å². The second kappa shape index (κ2) is 10.6. The fourth-order valence-corrected chi connectivity index (χ4v) is 1.50. The van der Waals surface area contributed by atoms with Crippen LogP contribution in [0.25, 0.3) is 11.3 Å². The number of rotatable bonds is 2. The van der Waals surface area contributed by atoms with E-state index in [-0.39, 0.29) is 6.54 Å². The highest BCUT2D eigenvalue weighted by molar-refractivity contribution is 5.68. The summed E-state index contributed by atoms with van der Waals surface area (Å²) in [5.41, 5.74) is 7.81. The number of hydrogen-bond acceptors (Lipinski definition) is 5. The first-order chi connectivity index (χ1) is 11.1. The topological polar surface area (TPSA) is 118 Å². The highest BCUT2D eigenvalue weighted by Gasteiger charge is 2.01. The van der Waals surface area contributed by atoms with Gasteiger partial charge in [0.25, 0.3) is 0 Å². The molecule has 0 unspecified atom stereocenters. The van der Waals surface area contributed by atoms with Crippen molar-refractivity contribution < 1.29 is 9.90 Å². The summed E-state index contributed by atoms with van der Waals surface area (Å²) < 4.78 is 0. The standard InChI is InChI=1S/C9H9N3.C5H5N.C2H5NO2/c1-7-4-2-3-5-8(7)9-6-10-12-11-9;1-2-4-6-5-3-1;3-1-2(4)5/h2-6H,1H3,(H,10,11,12);1-5H;1,3H2,(H,4,5). The van der Waals surface area contributed by atoms with Crippen LogP contribution in [0.3, 0.4) is 0 Å². The van der Waals surface area contributed by atoms with Crippen molar-refractivity contribution in [1.29, 1.82) is 0 Å². The second-order valence-corrected chi connectivity index (χ2v) is 4.29.